The van der Waals surface area contributed by atoms with Crippen LogP contribution in [0.25, 0.3) is 0 Å². The molecule has 0 fully saturated rings. The molecule has 2 rings (SSSR count). The van der Waals surface area contributed by atoms with Crippen LogP contribution in [0.2, 0.25) is 0 Å². The number of aromatic nitrogens is 2. The topological polar surface area (TPSA) is 61.6 Å². The van der Waals surface area contributed by atoms with Gasteiger partial charge in [0.05, 0.1) is 18.2 Å². The van der Waals surface area contributed by atoms with Gasteiger partial charge in [0.1, 0.15) is 5.82 Å². The lowest BCUT2D eigenvalue weighted by Crippen LogP contribution is -2.08. The number of anilines is 1. The van der Waals surface area contributed by atoms with Crippen molar-refractivity contribution in [2.75, 3.05) is 11.9 Å². The first-order valence-corrected chi connectivity index (χ1v) is 5.95. The first kappa shape index (κ1) is 13.0. The fraction of sp³-hybridized carbons (Fsp3) is 0.214. The molecule has 0 amide bonds. The zero-order chi connectivity index (χ0) is 13.5. The Morgan fingerprint density at radius 2 is 2.00 bits per heavy atom. The molecular formula is C14H13FN4. The van der Waals surface area contributed by atoms with Crippen LogP contribution in [0.1, 0.15) is 11.3 Å². The quantitative estimate of drug-likeness (QED) is 0.891. The Kier molecular flexibility index (Phi) is 4.40. The van der Waals surface area contributed by atoms with Crippen LogP contribution in [0.4, 0.5) is 10.3 Å². The first-order chi connectivity index (χ1) is 9.28. The highest BCUT2D eigenvalue weighted by molar-refractivity contribution is 5.27. The molecule has 0 spiro atoms. The summed E-state index contributed by atoms with van der Waals surface area (Å²) in [6.45, 7) is 0.654. The van der Waals surface area contributed by atoms with Gasteiger partial charge >= 0.3 is 0 Å². The number of hydrogen-bond acceptors (Lipinski definition) is 4. The molecule has 4 nitrogen and oxygen atoms in total. The Morgan fingerprint density at radius 3 is 2.74 bits per heavy atom. The molecule has 0 atom stereocenters. The lowest BCUT2D eigenvalue weighted by Gasteiger charge is -2.05. The highest BCUT2D eigenvalue weighted by atomic mass is 19.1. The van der Waals surface area contributed by atoms with Crippen molar-refractivity contribution in [3.05, 3.63) is 53.6 Å². The Labute approximate surface area is 110 Å². The van der Waals surface area contributed by atoms with E-state index in [2.05, 4.69) is 15.3 Å². The van der Waals surface area contributed by atoms with Crippen molar-refractivity contribution in [2.24, 2.45) is 0 Å². The van der Waals surface area contributed by atoms with Gasteiger partial charge in [0.25, 0.3) is 0 Å². The molecule has 0 unspecified atom stereocenters. The van der Waals surface area contributed by atoms with E-state index >= 15 is 0 Å². The fourth-order valence-corrected chi connectivity index (χ4v) is 1.63. The third-order valence-electron chi connectivity index (χ3n) is 2.58. The minimum absolute atomic E-state index is 0.232. The Morgan fingerprint density at radius 1 is 1.21 bits per heavy atom. The van der Waals surface area contributed by atoms with Crippen molar-refractivity contribution in [1.29, 1.82) is 5.26 Å². The molecule has 5 heteroatoms. The third kappa shape index (κ3) is 4.03. The number of nitrogens with one attached hydrogen (secondary N) is 1. The van der Waals surface area contributed by atoms with Gasteiger partial charge in [0, 0.05) is 12.7 Å². The van der Waals surface area contributed by atoms with E-state index in [1.54, 1.807) is 24.4 Å². The van der Waals surface area contributed by atoms with Gasteiger partial charge in [-0.15, -0.1) is 0 Å². The molecule has 1 aromatic carbocycles. The highest BCUT2D eigenvalue weighted by Gasteiger charge is 1.99. The first-order valence-electron chi connectivity index (χ1n) is 5.95. The molecule has 1 N–H and O–H groups in total. The van der Waals surface area contributed by atoms with Gasteiger partial charge in [0.15, 0.2) is 0 Å². The van der Waals surface area contributed by atoms with Crippen LogP contribution in [-0.4, -0.2) is 16.5 Å². The van der Waals surface area contributed by atoms with Gasteiger partial charge in [-0.05, 0) is 30.2 Å². The number of nitrogens with zero attached hydrogens (tertiary/aromatic N) is 3. The normalized spacial score (nSPS) is 9.89. The average Bonchev–Trinajstić information content (AvgIpc) is 2.42. The summed E-state index contributed by atoms with van der Waals surface area (Å²) in [6, 6.07) is 10.2. The summed E-state index contributed by atoms with van der Waals surface area (Å²) in [4.78, 5) is 8.28. The largest absolute Gasteiger partial charge is 0.354 e. The Bertz CT molecular complexity index is 575. The second kappa shape index (κ2) is 6.45. The van der Waals surface area contributed by atoms with Crippen molar-refractivity contribution < 1.29 is 4.39 Å². The van der Waals surface area contributed by atoms with E-state index in [4.69, 9.17) is 5.26 Å². The van der Waals surface area contributed by atoms with Crippen molar-refractivity contribution >= 4 is 5.95 Å². The van der Waals surface area contributed by atoms with Gasteiger partial charge in [-0.25, -0.2) is 14.4 Å². The average molecular weight is 256 g/mol. The number of nitriles is 1. The number of hydrogen-bond donors (Lipinski definition) is 1. The molecule has 1 heterocycles. The number of rotatable bonds is 5. The molecule has 0 saturated carbocycles. The zero-order valence-electron chi connectivity index (χ0n) is 10.3. The molecule has 0 aliphatic heterocycles. The van der Waals surface area contributed by atoms with Crippen molar-refractivity contribution in [1.82, 2.24) is 9.97 Å². The standard InChI is InChI=1S/C14H13FN4/c15-12-3-1-11(2-4-12)6-9-17-14-18-10-7-13(19-14)5-8-16/h1-4,7,10H,5-6,9H2,(H,17,18,19). The van der Waals surface area contributed by atoms with Gasteiger partial charge in [-0.3, -0.25) is 0 Å². The summed E-state index contributed by atoms with van der Waals surface area (Å²) < 4.78 is 12.7. The van der Waals surface area contributed by atoms with Gasteiger partial charge < -0.3 is 5.32 Å². The van der Waals surface area contributed by atoms with Crippen LogP contribution < -0.4 is 5.32 Å². The predicted octanol–water partition coefficient (Wildman–Crippen LogP) is 2.34. The summed E-state index contributed by atoms with van der Waals surface area (Å²) in [5.74, 6) is 0.277. The predicted molar refractivity (Wildman–Crippen MR) is 69.9 cm³/mol. The van der Waals surface area contributed by atoms with E-state index in [0.29, 0.717) is 18.2 Å². The van der Waals surface area contributed by atoms with Crippen LogP contribution in [0.5, 0.6) is 0 Å². The van der Waals surface area contributed by atoms with Crippen LogP contribution in [0.3, 0.4) is 0 Å². The van der Waals surface area contributed by atoms with E-state index in [9.17, 15) is 4.39 Å². The van der Waals surface area contributed by atoms with E-state index < -0.39 is 0 Å². The summed E-state index contributed by atoms with van der Waals surface area (Å²) in [5, 5.41) is 11.7. The Balaban J connectivity index is 1.87. The van der Waals surface area contributed by atoms with E-state index in [1.807, 2.05) is 6.07 Å². The molecule has 0 aliphatic rings. The molecule has 2 aromatic rings. The summed E-state index contributed by atoms with van der Waals surface area (Å²) in [6.07, 6.45) is 2.65. The molecular weight excluding hydrogens is 243 g/mol. The summed E-state index contributed by atoms with van der Waals surface area (Å²) >= 11 is 0. The number of halogens is 1. The van der Waals surface area contributed by atoms with Gasteiger partial charge in [-0.1, -0.05) is 12.1 Å². The third-order valence-corrected chi connectivity index (χ3v) is 2.58. The van der Waals surface area contributed by atoms with E-state index in [0.717, 1.165) is 12.0 Å². The second-order valence-corrected chi connectivity index (χ2v) is 4.01. The number of benzene rings is 1. The summed E-state index contributed by atoms with van der Waals surface area (Å²) in [5.41, 5.74) is 1.74. The minimum Gasteiger partial charge on any atom is -0.354 e. The monoisotopic (exact) mass is 256 g/mol. The summed E-state index contributed by atoms with van der Waals surface area (Å²) in [7, 11) is 0. The van der Waals surface area contributed by atoms with Gasteiger partial charge in [-0.2, -0.15) is 5.26 Å². The van der Waals surface area contributed by atoms with Gasteiger partial charge in [0.2, 0.25) is 5.95 Å². The lowest BCUT2D eigenvalue weighted by atomic mass is 10.1. The second-order valence-electron chi connectivity index (χ2n) is 4.01. The molecule has 19 heavy (non-hydrogen) atoms. The molecule has 0 saturated heterocycles. The smallest absolute Gasteiger partial charge is 0.222 e. The lowest BCUT2D eigenvalue weighted by molar-refractivity contribution is 0.627. The molecule has 1 aromatic heterocycles. The minimum atomic E-state index is -0.232. The van der Waals surface area contributed by atoms with Crippen molar-refractivity contribution in [3.8, 4) is 6.07 Å². The molecule has 0 aliphatic carbocycles. The maximum atomic E-state index is 12.7. The maximum Gasteiger partial charge on any atom is 0.222 e. The van der Waals surface area contributed by atoms with Crippen LogP contribution in [-0.2, 0) is 12.8 Å². The van der Waals surface area contributed by atoms with E-state index in [-0.39, 0.29) is 12.2 Å². The van der Waals surface area contributed by atoms with Crippen molar-refractivity contribution in [3.63, 3.8) is 0 Å². The van der Waals surface area contributed by atoms with Crippen LogP contribution >= 0.6 is 0 Å². The SMILES string of the molecule is N#CCc1ccnc(NCCc2ccc(F)cc2)n1. The fourth-order valence-electron chi connectivity index (χ4n) is 1.63. The van der Waals surface area contributed by atoms with E-state index in [1.165, 1.54) is 12.1 Å². The molecule has 0 radical (unpaired) electrons. The molecule has 96 valence electrons. The maximum absolute atomic E-state index is 12.7. The zero-order valence-corrected chi connectivity index (χ0v) is 10.3. The van der Waals surface area contributed by atoms with Crippen LogP contribution in [0, 0.1) is 17.1 Å². The van der Waals surface area contributed by atoms with Crippen LogP contribution in [0.15, 0.2) is 36.5 Å². The Hall–Kier alpha value is -2.48. The highest BCUT2D eigenvalue weighted by Crippen LogP contribution is 2.05. The van der Waals surface area contributed by atoms with Crippen molar-refractivity contribution in [2.45, 2.75) is 12.8 Å². The molecule has 0 bridgehead atoms.